The number of ether oxygens (including phenoxy) is 1. The first kappa shape index (κ1) is 16.6. The summed E-state index contributed by atoms with van der Waals surface area (Å²) < 4.78 is 6.27. The molecule has 2 N–H and O–H groups in total. The number of carbonyl (C=O) groups excluding carboxylic acids is 1. The Kier molecular flexibility index (Phi) is 6.33. The van der Waals surface area contributed by atoms with E-state index in [4.69, 9.17) is 16.3 Å². The summed E-state index contributed by atoms with van der Waals surface area (Å²) in [5.74, 6) is 0.796. The first-order valence-corrected chi connectivity index (χ1v) is 8.24. The second kappa shape index (κ2) is 8.01. The summed E-state index contributed by atoms with van der Waals surface area (Å²) in [4.78, 5) is 11.8. The summed E-state index contributed by atoms with van der Waals surface area (Å²) in [5, 5.41) is 12.8. The molecule has 4 nitrogen and oxygen atoms in total. The molecule has 1 saturated carbocycles. The van der Waals surface area contributed by atoms with Crippen molar-refractivity contribution in [2.75, 3.05) is 13.2 Å². The van der Waals surface area contributed by atoms with E-state index in [-0.39, 0.29) is 18.6 Å². The van der Waals surface area contributed by atoms with Crippen LogP contribution in [0.5, 0.6) is 5.75 Å². The van der Waals surface area contributed by atoms with Crippen molar-refractivity contribution in [2.24, 2.45) is 5.92 Å². The molecule has 1 aromatic rings. The zero-order valence-electron chi connectivity index (χ0n) is 11.6. The normalized spacial score (nSPS) is 21.9. The fourth-order valence-electron chi connectivity index (χ4n) is 2.39. The summed E-state index contributed by atoms with van der Waals surface area (Å²) >= 11 is 9.33. The Balaban J connectivity index is 1.70. The molecule has 0 spiro atoms. The zero-order valence-corrected chi connectivity index (χ0v) is 14.0. The van der Waals surface area contributed by atoms with Gasteiger partial charge in [0.05, 0.1) is 11.1 Å². The van der Waals surface area contributed by atoms with Gasteiger partial charge in [-0.1, -0.05) is 27.5 Å². The second-order valence-electron chi connectivity index (χ2n) is 5.34. The molecule has 0 aromatic heterocycles. The van der Waals surface area contributed by atoms with Gasteiger partial charge in [-0.15, -0.1) is 0 Å². The predicted molar refractivity (Wildman–Crippen MR) is 85.6 cm³/mol. The third kappa shape index (κ3) is 5.49. The maximum absolute atomic E-state index is 11.8. The molecule has 0 atom stereocenters. The molecule has 1 aromatic carbocycles. The monoisotopic (exact) mass is 375 g/mol. The van der Waals surface area contributed by atoms with Gasteiger partial charge in [-0.2, -0.15) is 0 Å². The van der Waals surface area contributed by atoms with Gasteiger partial charge in [0.15, 0.2) is 6.61 Å². The SMILES string of the molecule is O=C(COc1ccc(Br)cc1Cl)NCC1CCC(O)CC1. The van der Waals surface area contributed by atoms with Crippen LogP contribution in [0.3, 0.4) is 0 Å². The van der Waals surface area contributed by atoms with Crippen LogP contribution in [0.4, 0.5) is 0 Å². The van der Waals surface area contributed by atoms with Crippen molar-refractivity contribution in [1.82, 2.24) is 5.32 Å². The number of hydrogen-bond acceptors (Lipinski definition) is 3. The molecule has 1 aliphatic carbocycles. The molecule has 2 rings (SSSR count). The average Bonchev–Trinajstić information content (AvgIpc) is 2.46. The maximum Gasteiger partial charge on any atom is 0.257 e. The molecule has 1 aliphatic rings. The summed E-state index contributed by atoms with van der Waals surface area (Å²) in [6.07, 6.45) is 3.40. The van der Waals surface area contributed by atoms with Crippen LogP contribution in [0.25, 0.3) is 0 Å². The van der Waals surface area contributed by atoms with Crippen molar-refractivity contribution in [3.63, 3.8) is 0 Å². The number of rotatable bonds is 5. The summed E-state index contributed by atoms with van der Waals surface area (Å²) in [7, 11) is 0. The van der Waals surface area contributed by atoms with Crippen molar-refractivity contribution in [3.8, 4) is 5.75 Å². The van der Waals surface area contributed by atoms with Crippen molar-refractivity contribution >= 4 is 33.4 Å². The van der Waals surface area contributed by atoms with Crippen LogP contribution in [-0.4, -0.2) is 30.3 Å². The van der Waals surface area contributed by atoms with Crippen LogP contribution in [0.15, 0.2) is 22.7 Å². The lowest BCUT2D eigenvalue weighted by molar-refractivity contribution is -0.123. The van der Waals surface area contributed by atoms with Crippen molar-refractivity contribution in [2.45, 2.75) is 31.8 Å². The van der Waals surface area contributed by atoms with Crippen LogP contribution >= 0.6 is 27.5 Å². The molecule has 1 amide bonds. The molecule has 6 heteroatoms. The minimum Gasteiger partial charge on any atom is -0.482 e. The van der Waals surface area contributed by atoms with E-state index in [2.05, 4.69) is 21.2 Å². The smallest absolute Gasteiger partial charge is 0.257 e. The van der Waals surface area contributed by atoms with Gasteiger partial charge in [0.2, 0.25) is 0 Å². The molecule has 116 valence electrons. The Bertz CT molecular complexity index is 490. The molecule has 0 radical (unpaired) electrons. The summed E-state index contributed by atoms with van der Waals surface area (Å²) in [5.41, 5.74) is 0. The van der Waals surface area contributed by atoms with E-state index in [1.807, 2.05) is 6.07 Å². The topological polar surface area (TPSA) is 58.6 Å². The fourth-order valence-corrected chi connectivity index (χ4v) is 3.12. The number of hydrogen-bond donors (Lipinski definition) is 2. The largest absolute Gasteiger partial charge is 0.482 e. The van der Waals surface area contributed by atoms with E-state index in [1.165, 1.54) is 0 Å². The highest BCUT2D eigenvalue weighted by Gasteiger charge is 2.19. The fraction of sp³-hybridized carbons (Fsp3) is 0.533. The Labute approximate surface area is 138 Å². The zero-order chi connectivity index (χ0) is 15.2. The number of benzene rings is 1. The highest BCUT2D eigenvalue weighted by molar-refractivity contribution is 9.10. The molecule has 0 heterocycles. The Morgan fingerprint density at radius 1 is 1.38 bits per heavy atom. The van der Waals surface area contributed by atoms with Crippen LogP contribution in [0.2, 0.25) is 5.02 Å². The average molecular weight is 377 g/mol. The molecule has 0 saturated heterocycles. The molecule has 0 aliphatic heterocycles. The molecule has 21 heavy (non-hydrogen) atoms. The van der Waals surface area contributed by atoms with E-state index in [0.717, 1.165) is 30.2 Å². The third-order valence-corrected chi connectivity index (χ3v) is 4.45. The summed E-state index contributed by atoms with van der Waals surface area (Å²) in [6.45, 7) is 0.597. The van der Waals surface area contributed by atoms with Gasteiger partial charge >= 0.3 is 0 Å². The van der Waals surface area contributed by atoms with Crippen LogP contribution in [-0.2, 0) is 4.79 Å². The van der Waals surface area contributed by atoms with Gasteiger partial charge in [-0.05, 0) is 49.8 Å². The lowest BCUT2D eigenvalue weighted by atomic mass is 9.87. The minimum absolute atomic E-state index is 0.0449. The highest BCUT2D eigenvalue weighted by Crippen LogP contribution is 2.27. The van der Waals surface area contributed by atoms with Crippen LogP contribution in [0, 0.1) is 5.92 Å². The van der Waals surface area contributed by atoms with Gasteiger partial charge in [-0.25, -0.2) is 0 Å². The molecular formula is C15H19BrClNO3. The number of halogens is 2. The van der Waals surface area contributed by atoms with E-state index in [0.29, 0.717) is 23.2 Å². The Morgan fingerprint density at radius 3 is 2.76 bits per heavy atom. The number of nitrogens with one attached hydrogen (secondary N) is 1. The van der Waals surface area contributed by atoms with Crippen LogP contribution in [0.1, 0.15) is 25.7 Å². The van der Waals surface area contributed by atoms with E-state index >= 15 is 0 Å². The third-order valence-electron chi connectivity index (χ3n) is 3.66. The first-order chi connectivity index (χ1) is 10.0. The van der Waals surface area contributed by atoms with Gasteiger partial charge in [-0.3, -0.25) is 4.79 Å². The van der Waals surface area contributed by atoms with Gasteiger partial charge < -0.3 is 15.2 Å². The van der Waals surface area contributed by atoms with Gasteiger partial charge in [0.25, 0.3) is 5.91 Å². The lowest BCUT2D eigenvalue weighted by Gasteiger charge is -2.25. The maximum atomic E-state index is 11.8. The van der Waals surface area contributed by atoms with E-state index < -0.39 is 0 Å². The lowest BCUT2D eigenvalue weighted by Crippen LogP contribution is -2.35. The minimum atomic E-state index is -0.167. The molecular weight excluding hydrogens is 358 g/mol. The van der Waals surface area contributed by atoms with Crippen molar-refractivity contribution in [1.29, 1.82) is 0 Å². The molecule has 0 bridgehead atoms. The van der Waals surface area contributed by atoms with Gasteiger partial charge in [0, 0.05) is 11.0 Å². The highest BCUT2D eigenvalue weighted by atomic mass is 79.9. The quantitative estimate of drug-likeness (QED) is 0.830. The first-order valence-electron chi connectivity index (χ1n) is 7.07. The van der Waals surface area contributed by atoms with Crippen molar-refractivity contribution < 1.29 is 14.6 Å². The number of aliphatic hydroxyl groups is 1. The number of aliphatic hydroxyl groups excluding tert-OH is 1. The van der Waals surface area contributed by atoms with Crippen molar-refractivity contribution in [3.05, 3.63) is 27.7 Å². The predicted octanol–water partition coefficient (Wildman–Crippen LogP) is 3.15. The van der Waals surface area contributed by atoms with E-state index in [1.54, 1.807) is 12.1 Å². The second-order valence-corrected chi connectivity index (χ2v) is 6.66. The molecule has 1 fully saturated rings. The number of amides is 1. The van der Waals surface area contributed by atoms with Gasteiger partial charge in [0.1, 0.15) is 5.75 Å². The van der Waals surface area contributed by atoms with E-state index in [9.17, 15) is 9.90 Å². The Hall–Kier alpha value is -0.780. The summed E-state index contributed by atoms with van der Waals surface area (Å²) in [6, 6.07) is 5.26. The standard InChI is InChI=1S/C15H19BrClNO3/c16-11-3-6-14(13(17)7-11)21-9-15(20)18-8-10-1-4-12(19)5-2-10/h3,6-7,10,12,19H,1-2,4-5,8-9H2,(H,18,20). The number of carbonyl (C=O) groups is 1. The Morgan fingerprint density at radius 2 is 2.10 bits per heavy atom. The van der Waals surface area contributed by atoms with Crippen LogP contribution < -0.4 is 10.1 Å². The molecule has 0 unspecified atom stereocenters.